The first-order valence-electron chi connectivity index (χ1n) is 7.12. The van der Waals surface area contributed by atoms with E-state index in [1.807, 2.05) is 18.2 Å². The molecule has 1 heterocycles. The number of para-hydroxylation sites is 2. The van der Waals surface area contributed by atoms with Crippen molar-refractivity contribution in [1.82, 2.24) is 4.90 Å². The number of likely N-dealkylation sites (N-methyl/N-ethyl adjacent to an activating group) is 1. The summed E-state index contributed by atoms with van der Waals surface area (Å²) in [4.78, 5) is 24.5. The molecule has 23 heavy (non-hydrogen) atoms. The van der Waals surface area contributed by atoms with Gasteiger partial charge in [-0.15, -0.1) is 0 Å². The molecular weight excluding hydrogens is 294 g/mol. The van der Waals surface area contributed by atoms with Gasteiger partial charge in [0.2, 0.25) is 0 Å². The Morgan fingerprint density at radius 2 is 1.87 bits per heavy atom. The molecule has 1 N–H and O–H groups in total. The lowest BCUT2D eigenvalue weighted by Crippen LogP contribution is -2.45. The minimum absolute atomic E-state index is 0.0361. The molecule has 0 saturated carbocycles. The summed E-state index contributed by atoms with van der Waals surface area (Å²) in [5.74, 6) is -0.0865. The van der Waals surface area contributed by atoms with Gasteiger partial charge in [-0.3, -0.25) is 14.9 Å². The quantitative estimate of drug-likeness (QED) is 0.698. The van der Waals surface area contributed by atoms with Gasteiger partial charge >= 0.3 is 0 Å². The van der Waals surface area contributed by atoms with E-state index < -0.39 is 4.92 Å². The predicted octanol–water partition coefficient (Wildman–Crippen LogP) is 3.13. The van der Waals surface area contributed by atoms with Crippen molar-refractivity contribution in [3.8, 4) is 0 Å². The highest BCUT2D eigenvalue weighted by Crippen LogP contribution is 2.25. The van der Waals surface area contributed by atoms with E-state index in [4.69, 9.17) is 0 Å². The van der Waals surface area contributed by atoms with E-state index >= 15 is 0 Å². The number of nitro benzene ring substituents is 1. The number of hydrogen-bond acceptors (Lipinski definition) is 4. The van der Waals surface area contributed by atoms with Crippen LogP contribution in [-0.2, 0) is 0 Å². The van der Waals surface area contributed by atoms with Gasteiger partial charge in [0.05, 0.1) is 16.1 Å². The van der Waals surface area contributed by atoms with E-state index in [0.717, 1.165) is 5.69 Å². The first-order chi connectivity index (χ1) is 11.1. The van der Waals surface area contributed by atoms with Crippen molar-refractivity contribution < 1.29 is 9.72 Å². The maximum atomic E-state index is 12.4. The van der Waals surface area contributed by atoms with Crippen molar-refractivity contribution in [1.29, 1.82) is 0 Å². The predicted molar refractivity (Wildman–Crippen MR) is 88.1 cm³/mol. The second-order valence-corrected chi connectivity index (χ2v) is 5.23. The molecule has 3 rings (SSSR count). The highest BCUT2D eigenvalue weighted by molar-refractivity contribution is 6.01. The Balaban J connectivity index is 1.89. The lowest BCUT2D eigenvalue weighted by Gasteiger charge is -2.33. The van der Waals surface area contributed by atoms with E-state index in [0.29, 0.717) is 11.1 Å². The first-order valence-corrected chi connectivity index (χ1v) is 7.12. The smallest absolute Gasteiger partial charge is 0.276 e. The standard InChI is InChI=1S/C17H15N3O3/c1-19-16(18-14-8-4-3-7-13(14)17(19)21)11-10-12-6-2-5-9-15(12)20(22)23/h2-11,16,18H,1H3/b11-10+. The molecule has 0 aliphatic carbocycles. The van der Waals surface area contributed by atoms with Crippen molar-refractivity contribution >= 4 is 23.4 Å². The number of nitrogens with zero attached hydrogens (tertiary/aromatic N) is 2. The first kappa shape index (κ1) is 14.8. The van der Waals surface area contributed by atoms with E-state index in [-0.39, 0.29) is 17.8 Å². The van der Waals surface area contributed by atoms with Gasteiger partial charge in [0.15, 0.2) is 0 Å². The SMILES string of the molecule is CN1C(=O)c2ccccc2NC1/C=C/c1ccccc1[N+](=O)[O-]. The van der Waals surface area contributed by atoms with E-state index in [9.17, 15) is 14.9 Å². The molecule has 0 spiro atoms. The Morgan fingerprint density at radius 1 is 1.17 bits per heavy atom. The lowest BCUT2D eigenvalue weighted by atomic mass is 10.1. The van der Waals surface area contributed by atoms with Crippen LogP contribution in [0, 0.1) is 10.1 Å². The molecule has 1 amide bonds. The summed E-state index contributed by atoms with van der Waals surface area (Å²) in [6.07, 6.45) is 3.04. The van der Waals surface area contributed by atoms with Crippen LogP contribution in [0.5, 0.6) is 0 Å². The monoisotopic (exact) mass is 309 g/mol. The molecule has 116 valence electrons. The molecule has 0 saturated heterocycles. The molecule has 0 bridgehead atoms. The Bertz CT molecular complexity index is 801. The third kappa shape index (κ3) is 2.78. The number of amides is 1. The molecule has 1 aliphatic rings. The Hall–Kier alpha value is -3.15. The number of rotatable bonds is 3. The summed E-state index contributed by atoms with van der Waals surface area (Å²) in [7, 11) is 1.69. The van der Waals surface area contributed by atoms with Crippen LogP contribution in [0.25, 0.3) is 6.08 Å². The maximum Gasteiger partial charge on any atom is 0.276 e. The second kappa shape index (κ2) is 5.92. The fourth-order valence-corrected chi connectivity index (χ4v) is 2.53. The number of fused-ring (bicyclic) bond motifs is 1. The Morgan fingerprint density at radius 3 is 2.65 bits per heavy atom. The molecule has 2 aromatic rings. The molecule has 0 radical (unpaired) electrons. The van der Waals surface area contributed by atoms with Gasteiger partial charge < -0.3 is 10.2 Å². The van der Waals surface area contributed by atoms with Crippen LogP contribution >= 0.6 is 0 Å². The molecule has 1 unspecified atom stereocenters. The van der Waals surface area contributed by atoms with Crippen LogP contribution < -0.4 is 5.32 Å². The van der Waals surface area contributed by atoms with Gasteiger partial charge in [-0.25, -0.2) is 0 Å². The fourth-order valence-electron chi connectivity index (χ4n) is 2.53. The maximum absolute atomic E-state index is 12.4. The molecular formula is C17H15N3O3. The highest BCUT2D eigenvalue weighted by Gasteiger charge is 2.27. The topological polar surface area (TPSA) is 75.5 Å². The van der Waals surface area contributed by atoms with Gasteiger partial charge in [0.1, 0.15) is 6.17 Å². The Labute approximate surface area is 133 Å². The van der Waals surface area contributed by atoms with Crippen LogP contribution in [0.3, 0.4) is 0 Å². The molecule has 2 aromatic carbocycles. The van der Waals surface area contributed by atoms with Crippen LogP contribution in [0.2, 0.25) is 0 Å². The highest BCUT2D eigenvalue weighted by atomic mass is 16.6. The zero-order valence-electron chi connectivity index (χ0n) is 12.5. The van der Waals surface area contributed by atoms with Crippen LogP contribution in [0.1, 0.15) is 15.9 Å². The minimum atomic E-state index is -0.419. The van der Waals surface area contributed by atoms with Crippen molar-refractivity contribution in [3.05, 3.63) is 75.8 Å². The largest absolute Gasteiger partial charge is 0.361 e. The molecule has 0 fully saturated rings. The molecule has 0 aromatic heterocycles. The minimum Gasteiger partial charge on any atom is -0.361 e. The average Bonchev–Trinajstić information content (AvgIpc) is 2.57. The van der Waals surface area contributed by atoms with E-state index in [1.54, 1.807) is 48.4 Å². The number of anilines is 1. The zero-order valence-corrected chi connectivity index (χ0v) is 12.5. The third-order valence-electron chi connectivity index (χ3n) is 3.79. The molecule has 1 atom stereocenters. The lowest BCUT2D eigenvalue weighted by molar-refractivity contribution is -0.385. The number of nitro groups is 1. The third-order valence-corrected chi connectivity index (χ3v) is 3.79. The number of benzene rings is 2. The normalized spacial score (nSPS) is 17.0. The summed E-state index contributed by atoms with van der Waals surface area (Å²) in [5, 5.41) is 14.3. The summed E-state index contributed by atoms with van der Waals surface area (Å²) in [5.41, 5.74) is 1.91. The number of nitrogens with one attached hydrogen (secondary N) is 1. The summed E-state index contributed by atoms with van der Waals surface area (Å²) in [6.45, 7) is 0. The number of hydrogen-bond donors (Lipinski definition) is 1. The number of carbonyl (C=O) groups excluding carboxylic acids is 1. The van der Waals surface area contributed by atoms with Gasteiger partial charge in [0, 0.05) is 18.8 Å². The second-order valence-electron chi connectivity index (χ2n) is 5.23. The van der Waals surface area contributed by atoms with Crippen molar-refractivity contribution in [2.75, 3.05) is 12.4 Å². The summed E-state index contributed by atoms with van der Waals surface area (Å²) in [6, 6.07) is 13.8. The zero-order chi connectivity index (χ0) is 16.4. The van der Waals surface area contributed by atoms with Crippen molar-refractivity contribution in [2.24, 2.45) is 0 Å². The van der Waals surface area contributed by atoms with Crippen LogP contribution in [-0.4, -0.2) is 28.9 Å². The van der Waals surface area contributed by atoms with Gasteiger partial charge in [-0.1, -0.05) is 24.3 Å². The molecule has 6 heteroatoms. The van der Waals surface area contributed by atoms with E-state index in [1.165, 1.54) is 6.07 Å². The average molecular weight is 309 g/mol. The Kier molecular flexibility index (Phi) is 3.80. The van der Waals surface area contributed by atoms with Gasteiger partial charge in [0.25, 0.3) is 11.6 Å². The fraction of sp³-hybridized carbons (Fsp3) is 0.118. The van der Waals surface area contributed by atoms with Gasteiger partial charge in [-0.05, 0) is 30.4 Å². The van der Waals surface area contributed by atoms with Crippen LogP contribution in [0.4, 0.5) is 11.4 Å². The molecule has 6 nitrogen and oxygen atoms in total. The van der Waals surface area contributed by atoms with Crippen molar-refractivity contribution in [3.63, 3.8) is 0 Å². The summed E-state index contributed by atoms with van der Waals surface area (Å²) < 4.78 is 0. The van der Waals surface area contributed by atoms with Gasteiger partial charge in [-0.2, -0.15) is 0 Å². The molecule has 1 aliphatic heterocycles. The van der Waals surface area contributed by atoms with Crippen molar-refractivity contribution in [2.45, 2.75) is 6.17 Å². The van der Waals surface area contributed by atoms with Crippen LogP contribution in [0.15, 0.2) is 54.6 Å². The van der Waals surface area contributed by atoms with E-state index in [2.05, 4.69) is 5.32 Å². The summed E-state index contributed by atoms with van der Waals surface area (Å²) >= 11 is 0. The number of carbonyl (C=O) groups is 1.